The molecule has 0 saturated carbocycles. The lowest BCUT2D eigenvalue weighted by molar-refractivity contribution is 0.481. The monoisotopic (exact) mass is 331 g/mol. The fourth-order valence-corrected chi connectivity index (χ4v) is 3.01. The van der Waals surface area contributed by atoms with Crippen molar-refractivity contribution in [3.05, 3.63) is 23.9 Å². The van der Waals surface area contributed by atoms with Crippen LogP contribution in [0, 0.1) is 5.92 Å². The average molecular weight is 332 g/mol. The molecule has 1 aliphatic rings. The minimum absolute atomic E-state index is 0.682. The predicted octanol–water partition coefficient (Wildman–Crippen LogP) is 3.17. The number of pyridine rings is 1. The lowest BCUT2D eigenvalue weighted by Gasteiger charge is -2.17. The first kappa shape index (κ1) is 18.6. The number of guanidine groups is 1. The highest BCUT2D eigenvalue weighted by Crippen LogP contribution is 2.18. The van der Waals surface area contributed by atoms with Crippen LogP contribution in [-0.2, 0) is 6.54 Å². The first-order valence-electron chi connectivity index (χ1n) is 9.48. The Bertz CT molecular complexity index is 504. The maximum atomic E-state index is 4.74. The van der Waals surface area contributed by atoms with Crippen molar-refractivity contribution in [2.75, 3.05) is 31.1 Å². The van der Waals surface area contributed by atoms with Crippen LogP contribution in [-0.4, -0.2) is 37.1 Å². The summed E-state index contributed by atoms with van der Waals surface area (Å²) in [5.41, 5.74) is 1.21. The summed E-state index contributed by atoms with van der Waals surface area (Å²) in [6.45, 7) is 11.4. The minimum Gasteiger partial charge on any atom is -0.357 e. The van der Waals surface area contributed by atoms with Gasteiger partial charge in [-0.3, -0.25) is 0 Å². The second kappa shape index (κ2) is 10.2. The van der Waals surface area contributed by atoms with Crippen LogP contribution in [0.5, 0.6) is 0 Å². The fourth-order valence-electron chi connectivity index (χ4n) is 3.01. The Balaban J connectivity index is 1.95. The largest absolute Gasteiger partial charge is 0.357 e. The van der Waals surface area contributed by atoms with Crippen LogP contribution in [0.2, 0.25) is 0 Å². The molecule has 1 saturated heterocycles. The maximum absolute atomic E-state index is 4.74. The molecule has 0 unspecified atom stereocenters. The molecule has 134 valence electrons. The number of rotatable bonds is 8. The summed E-state index contributed by atoms with van der Waals surface area (Å²) in [5.74, 6) is 2.70. The Morgan fingerprint density at radius 2 is 1.96 bits per heavy atom. The van der Waals surface area contributed by atoms with Gasteiger partial charge in [-0.1, -0.05) is 26.7 Å². The van der Waals surface area contributed by atoms with Gasteiger partial charge in [0.1, 0.15) is 5.82 Å². The molecule has 0 aromatic carbocycles. The van der Waals surface area contributed by atoms with E-state index in [1.54, 1.807) is 0 Å². The highest BCUT2D eigenvalue weighted by atomic mass is 15.2. The van der Waals surface area contributed by atoms with Gasteiger partial charge in [-0.25, -0.2) is 9.98 Å². The fraction of sp³-hybridized carbons (Fsp3) is 0.684. The van der Waals surface area contributed by atoms with E-state index < -0.39 is 0 Å². The number of anilines is 1. The van der Waals surface area contributed by atoms with Gasteiger partial charge in [0.15, 0.2) is 5.96 Å². The van der Waals surface area contributed by atoms with Crippen molar-refractivity contribution in [2.24, 2.45) is 10.9 Å². The van der Waals surface area contributed by atoms with Gasteiger partial charge in [0, 0.05) is 32.4 Å². The van der Waals surface area contributed by atoms with Gasteiger partial charge in [-0.15, -0.1) is 0 Å². The van der Waals surface area contributed by atoms with E-state index in [0.717, 1.165) is 38.0 Å². The van der Waals surface area contributed by atoms with E-state index in [0.29, 0.717) is 12.5 Å². The Kier molecular flexibility index (Phi) is 7.86. The van der Waals surface area contributed by atoms with Gasteiger partial charge in [0.2, 0.25) is 0 Å². The summed E-state index contributed by atoms with van der Waals surface area (Å²) in [6, 6.07) is 4.24. The molecule has 0 bridgehead atoms. The molecular formula is C19H33N5. The Morgan fingerprint density at radius 1 is 1.21 bits per heavy atom. The summed E-state index contributed by atoms with van der Waals surface area (Å²) >= 11 is 0. The maximum Gasteiger partial charge on any atom is 0.191 e. The van der Waals surface area contributed by atoms with E-state index in [-0.39, 0.29) is 0 Å². The molecule has 0 radical (unpaired) electrons. The van der Waals surface area contributed by atoms with E-state index in [2.05, 4.69) is 53.4 Å². The second-order valence-corrected chi connectivity index (χ2v) is 6.48. The van der Waals surface area contributed by atoms with Crippen molar-refractivity contribution in [1.82, 2.24) is 15.6 Å². The SMILES string of the molecule is CCNC(=NCc1ccnc(N2CCCC2)c1)NCC(CC)CC. The first-order valence-corrected chi connectivity index (χ1v) is 9.48. The van der Waals surface area contributed by atoms with Gasteiger partial charge in [0.05, 0.1) is 6.54 Å². The Hall–Kier alpha value is -1.78. The zero-order valence-corrected chi connectivity index (χ0v) is 15.5. The highest BCUT2D eigenvalue weighted by Gasteiger charge is 2.13. The molecule has 5 nitrogen and oxygen atoms in total. The quantitative estimate of drug-likeness (QED) is 0.567. The van der Waals surface area contributed by atoms with Crippen molar-refractivity contribution in [1.29, 1.82) is 0 Å². The lowest BCUT2D eigenvalue weighted by Crippen LogP contribution is -2.39. The standard InChI is InChI=1S/C19H33N5/c1-4-16(5-2)14-22-19(20-6-3)23-15-17-9-10-21-18(13-17)24-11-7-8-12-24/h9-10,13,16H,4-8,11-12,14-15H2,1-3H3,(H2,20,22,23). The molecule has 1 fully saturated rings. The van der Waals surface area contributed by atoms with Crippen molar-refractivity contribution in [3.63, 3.8) is 0 Å². The predicted molar refractivity (Wildman–Crippen MR) is 103 cm³/mol. The Labute approximate surface area is 147 Å². The average Bonchev–Trinajstić information content (AvgIpc) is 3.15. The molecule has 2 heterocycles. The second-order valence-electron chi connectivity index (χ2n) is 6.48. The molecule has 1 aromatic rings. The normalized spacial score (nSPS) is 15.2. The van der Waals surface area contributed by atoms with Crippen LogP contribution < -0.4 is 15.5 Å². The van der Waals surface area contributed by atoms with Crippen LogP contribution in [0.3, 0.4) is 0 Å². The molecule has 0 spiro atoms. The molecular weight excluding hydrogens is 298 g/mol. The molecule has 0 atom stereocenters. The Morgan fingerprint density at radius 3 is 2.62 bits per heavy atom. The molecule has 5 heteroatoms. The molecule has 0 amide bonds. The smallest absolute Gasteiger partial charge is 0.191 e. The summed E-state index contributed by atoms with van der Waals surface area (Å²) in [4.78, 5) is 11.6. The molecule has 1 aromatic heterocycles. The number of nitrogens with one attached hydrogen (secondary N) is 2. The summed E-state index contributed by atoms with van der Waals surface area (Å²) in [5, 5.41) is 6.81. The third-order valence-corrected chi connectivity index (χ3v) is 4.72. The number of aromatic nitrogens is 1. The third kappa shape index (κ3) is 5.69. The summed E-state index contributed by atoms with van der Waals surface area (Å²) in [7, 11) is 0. The van der Waals surface area contributed by atoms with Crippen molar-refractivity contribution >= 4 is 11.8 Å². The van der Waals surface area contributed by atoms with Crippen LogP contribution in [0.25, 0.3) is 0 Å². The van der Waals surface area contributed by atoms with Crippen LogP contribution in [0.1, 0.15) is 52.0 Å². The zero-order chi connectivity index (χ0) is 17.2. The topological polar surface area (TPSA) is 52.6 Å². The molecule has 0 aliphatic carbocycles. The van der Waals surface area contributed by atoms with Crippen LogP contribution >= 0.6 is 0 Å². The van der Waals surface area contributed by atoms with Crippen molar-refractivity contribution in [2.45, 2.75) is 53.0 Å². The van der Waals surface area contributed by atoms with Gasteiger partial charge >= 0.3 is 0 Å². The zero-order valence-electron chi connectivity index (χ0n) is 15.5. The van der Waals surface area contributed by atoms with E-state index in [1.165, 1.54) is 31.2 Å². The highest BCUT2D eigenvalue weighted by molar-refractivity contribution is 5.79. The van der Waals surface area contributed by atoms with Crippen molar-refractivity contribution in [3.8, 4) is 0 Å². The van der Waals surface area contributed by atoms with Crippen LogP contribution in [0.15, 0.2) is 23.3 Å². The van der Waals surface area contributed by atoms with Crippen molar-refractivity contribution < 1.29 is 0 Å². The number of hydrogen-bond donors (Lipinski definition) is 2. The van der Waals surface area contributed by atoms with E-state index in [1.807, 2.05) is 6.20 Å². The van der Waals surface area contributed by atoms with Crippen LogP contribution in [0.4, 0.5) is 5.82 Å². The van der Waals surface area contributed by atoms with E-state index in [4.69, 9.17) is 4.99 Å². The van der Waals surface area contributed by atoms with E-state index in [9.17, 15) is 0 Å². The molecule has 2 rings (SSSR count). The third-order valence-electron chi connectivity index (χ3n) is 4.72. The summed E-state index contributed by atoms with van der Waals surface area (Å²) < 4.78 is 0. The first-order chi connectivity index (χ1) is 11.8. The molecule has 1 aliphatic heterocycles. The van der Waals surface area contributed by atoms with Gasteiger partial charge in [-0.05, 0) is 43.4 Å². The number of nitrogens with zero attached hydrogens (tertiary/aromatic N) is 3. The van der Waals surface area contributed by atoms with Gasteiger partial charge in [-0.2, -0.15) is 0 Å². The van der Waals surface area contributed by atoms with E-state index >= 15 is 0 Å². The minimum atomic E-state index is 0.682. The van der Waals surface area contributed by atoms with Gasteiger partial charge in [0.25, 0.3) is 0 Å². The van der Waals surface area contributed by atoms with Gasteiger partial charge < -0.3 is 15.5 Å². The molecule has 24 heavy (non-hydrogen) atoms. The lowest BCUT2D eigenvalue weighted by atomic mass is 10.0. The summed E-state index contributed by atoms with van der Waals surface area (Å²) in [6.07, 6.45) is 6.85. The number of aliphatic imine (C=N–C) groups is 1. The number of hydrogen-bond acceptors (Lipinski definition) is 3. The molecule has 2 N–H and O–H groups in total.